The first-order valence-electron chi connectivity index (χ1n) is 7.51. The lowest BCUT2D eigenvalue weighted by Crippen LogP contribution is -2.13. The van der Waals surface area contributed by atoms with Crippen molar-refractivity contribution in [2.24, 2.45) is 0 Å². The fourth-order valence-corrected chi connectivity index (χ4v) is 2.57. The average Bonchev–Trinajstić information content (AvgIpc) is 2.61. The SMILES string of the molecule is COc1ccc(C(=O)Nc2cnc3c(C)cccc3c2)c(OC)c1. The number of hydrogen-bond donors (Lipinski definition) is 1. The van der Waals surface area contributed by atoms with Crippen molar-refractivity contribution in [1.29, 1.82) is 0 Å². The molecule has 0 aliphatic heterocycles. The van der Waals surface area contributed by atoms with Crippen LogP contribution in [-0.2, 0) is 0 Å². The number of methoxy groups -OCH3 is 2. The van der Waals surface area contributed by atoms with E-state index in [-0.39, 0.29) is 5.91 Å². The minimum atomic E-state index is -0.261. The topological polar surface area (TPSA) is 60.5 Å². The van der Waals surface area contributed by atoms with Crippen molar-refractivity contribution >= 4 is 22.5 Å². The van der Waals surface area contributed by atoms with Crippen molar-refractivity contribution in [3.8, 4) is 11.5 Å². The number of aryl methyl sites for hydroxylation is 1. The summed E-state index contributed by atoms with van der Waals surface area (Å²) in [6, 6.07) is 12.9. The van der Waals surface area contributed by atoms with E-state index in [2.05, 4.69) is 10.3 Å². The summed E-state index contributed by atoms with van der Waals surface area (Å²) in [5.41, 5.74) is 3.10. The number of amides is 1. The Morgan fingerprint density at radius 1 is 1.08 bits per heavy atom. The maximum atomic E-state index is 12.5. The standard InChI is InChI=1S/C19H18N2O3/c1-12-5-4-6-13-9-14(11-20-18(12)13)21-19(22)16-8-7-15(23-2)10-17(16)24-3/h4-11H,1-3H3,(H,21,22). The molecule has 5 heteroatoms. The van der Waals surface area contributed by atoms with Crippen molar-refractivity contribution < 1.29 is 14.3 Å². The summed E-state index contributed by atoms with van der Waals surface area (Å²) in [6.07, 6.45) is 1.66. The summed E-state index contributed by atoms with van der Waals surface area (Å²) in [4.78, 5) is 17.0. The van der Waals surface area contributed by atoms with Crippen molar-refractivity contribution in [1.82, 2.24) is 4.98 Å². The molecule has 1 amide bonds. The Hall–Kier alpha value is -3.08. The van der Waals surface area contributed by atoms with E-state index in [4.69, 9.17) is 9.47 Å². The number of aromatic nitrogens is 1. The van der Waals surface area contributed by atoms with E-state index in [1.807, 2.05) is 31.2 Å². The minimum Gasteiger partial charge on any atom is -0.497 e. The normalized spacial score (nSPS) is 10.5. The van der Waals surface area contributed by atoms with E-state index in [9.17, 15) is 4.79 Å². The molecular formula is C19H18N2O3. The Morgan fingerprint density at radius 2 is 1.92 bits per heavy atom. The quantitative estimate of drug-likeness (QED) is 0.793. The number of nitrogens with one attached hydrogen (secondary N) is 1. The number of carbonyl (C=O) groups is 1. The van der Waals surface area contributed by atoms with Gasteiger partial charge >= 0.3 is 0 Å². The highest BCUT2D eigenvalue weighted by atomic mass is 16.5. The first-order valence-corrected chi connectivity index (χ1v) is 7.51. The number of carbonyl (C=O) groups excluding carboxylic acids is 1. The van der Waals surface area contributed by atoms with Gasteiger partial charge in [0.15, 0.2) is 0 Å². The van der Waals surface area contributed by atoms with Crippen LogP contribution in [0.15, 0.2) is 48.7 Å². The number of ether oxygens (including phenoxy) is 2. The third-order valence-electron chi connectivity index (χ3n) is 3.82. The van der Waals surface area contributed by atoms with Crippen molar-refractivity contribution in [3.05, 3.63) is 59.8 Å². The lowest BCUT2D eigenvalue weighted by molar-refractivity contribution is 0.102. The van der Waals surface area contributed by atoms with E-state index in [1.165, 1.54) is 7.11 Å². The third kappa shape index (κ3) is 3.01. The molecule has 1 aromatic heterocycles. The van der Waals surface area contributed by atoms with E-state index in [0.29, 0.717) is 22.7 Å². The first-order chi connectivity index (χ1) is 11.6. The van der Waals surface area contributed by atoms with Crippen LogP contribution in [0.4, 0.5) is 5.69 Å². The minimum absolute atomic E-state index is 0.261. The van der Waals surface area contributed by atoms with E-state index in [1.54, 1.807) is 31.5 Å². The molecule has 0 saturated carbocycles. The average molecular weight is 322 g/mol. The Labute approximate surface area is 140 Å². The predicted octanol–water partition coefficient (Wildman–Crippen LogP) is 3.81. The highest BCUT2D eigenvalue weighted by molar-refractivity contribution is 6.06. The highest BCUT2D eigenvalue weighted by Crippen LogP contribution is 2.26. The summed E-state index contributed by atoms with van der Waals surface area (Å²) < 4.78 is 10.4. The largest absolute Gasteiger partial charge is 0.497 e. The second-order valence-corrected chi connectivity index (χ2v) is 5.39. The van der Waals surface area contributed by atoms with Crippen LogP contribution < -0.4 is 14.8 Å². The van der Waals surface area contributed by atoms with Gasteiger partial charge in [0.2, 0.25) is 0 Å². The van der Waals surface area contributed by atoms with Gasteiger partial charge in [0, 0.05) is 11.5 Å². The van der Waals surface area contributed by atoms with Crippen LogP contribution in [-0.4, -0.2) is 25.1 Å². The van der Waals surface area contributed by atoms with E-state index >= 15 is 0 Å². The molecule has 1 N–H and O–H groups in total. The summed E-state index contributed by atoms with van der Waals surface area (Å²) in [5, 5.41) is 3.84. The van der Waals surface area contributed by atoms with Crippen molar-refractivity contribution in [2.45, 2.75) is 6.92 Å². The molecule has 0 fully saturated rings. The lowest BCUT2D eigenvalue weighted by Gasteiger charge is -2.11. The molecule has 0 saturated heterocycles. The maximum absolute atomic E-state index is 12.5. The van der Waals surface area contributed by atoms with Gasteiger partial charge in [-0.1, -0.05) is 18.2 Å². The van der Waals surface area contributed by atoms with E-state index in [0.717, 1.165) is 16.5 Å². The summed E-state index contributed by atoms with van der Waals surface area (Å²) in [6.45, 7) is 2.01. The fraction of sp³-hybridized carbons (Fsp3) is 0.158. The number of hydrogen-bond acceptors (Lipinski definition) is 4. The summed E-state index contributed by atoms with van der Waals surface area (Å²) in [5.74, 6) is 0.825. The molecule has 5 nitrogen and oxygen atoms in total. The van der Waals surface area contributed by atoms with Gasteiger partial charge in [-0.15, -0.1) is 0 Å². The van der Waals surface area contributed by atoms with Crippen LogP contribution in [0.3, 0.4) is 0 Å². The number of anilines is 1. The maximum Gasteiger partial charge on any atom is 0.259 e. The van der Waals surface area contributed by atoms with Crippen molar-refractivity contribution in [3.63, 3.8) is 0 Å². The molecule has 122 valence electrons. The van der Waals surface area contributed by atoms with Crippen LogP contribution in [0, 0.1) is 6.92 Å². The Bertz CT molecular complexity index is 906. The molecule has 0 aliphatic carbocycles. The number of para-hydroxylation sites is 1. The predicted molar refractivity (Wildman–Crippen MR) is 94.0 cm³/mol. The van der Waals surface area contributed by atoms with Crippen LogP contribution in [0.2, 0.25) is 0 Å². The van der Waals surface area contributed by atoms with Gasteiger partial charge in [0.1, 0.15) is 11.5 Å². The van der Waals surface area contributed by atoms with Gasteiger partial charge in [-0.05, 0) is 30.7 Å². The highest BCUT2D eigenvalue weighted by Gasteiger charge is 2.14. The Morgan fingerprint density at radius 3 is 2.67 bits per heavy atom. The van der Waals surface area contributed by atoms with Gasteiger partial charge in [-0.3, -0.25) is 9.78 Å². The Balaban J connectivity index is 1.90. The van der Waals surface area contributed by atoms with Crippen LogP contribution in [0.1, 0.15) is 15.9 Å². The summed E-state index contributed by atoms with van der Waals surface area (Å²) in [7, 11) is 3.09. The molecule has 3 rings (SSSR count). The molecule has 0 atom stereocenters. The first kappa shape index (κ1) is 15.8. The molecule has 0 bridgehead atoms. The number of rotatable bonds is 4. The zero-order valence-electron chi connectivity index (χ0n) is 13.8. The van der Waals surface area contributed by atoms with Crippen LogP contribution in [0.25, 0.3) is 10.9 Å². The molecule has 0 aliphatic rings. The zero-order valence-corrected chi connectivity index (χ0v) is 13.8. The zero-order chi connectivity index (χ0) is 17.1. The Kier molecular flexibility index (Phi) is 4.33. The fourth-order valence-electron chi connectivity index (χ4n) is 2.57. The summed E-state index contributed by atoms with van der Waals surface area (Å²) >= 11 is 0. The second-order valence-electron chi connectivity index (χ2n) is 5.39. The molecule has 0 spiro atoms. The van der Waals surface area contributed by atoms with Gasteiger partial charge in [0.05, 0.1) is 37.2 Å². The molecule has 2 aromatic carbocycles. The van der Waals surface area contributed by atoms with E-state index < -0.39 is 0 Å². The second kappa shape index (κ2) is 6.58. The third-order valence-corrected chi connectivity index (χ3v) is 3.82. The van der Waals surface area contributed by atoms with Crippen molar-refractivity contribution in [2.75, 3.05) is 19.5 Å². The smallest absolute Gasteiger partial charge is 0.259 e. The molecule has 1 heterocycles. The molecule has 0 radical (unpaired) electrons. The van der Waals surface area contributed by atoms with Crippen LogP contribution in [0.5, 0.6) is 11.5 Å². The number of nitrogens with zero attached hydrogens (tertiary/aromatic N) is 1. The number of pyridine rings is 1. The van der Waals surface area contributed by atoms with Gasteiger partial charge in [0.25, 0.3) is 5.91 Å². The lowest BCUT2D eigenvalue weighted by atomic mass is 10.1. The molecule has 3 aromatic rings. The molecule has 0 unspecified atom stereocenters. The number of benzene rings is 2. The van der Waals surface area contributed by atoms with Crippen LogP contribution >= 0.6 is 0 Å². The van der Waals surface area contributed by atoms with Gasteiger partial charge in [-0.25, -0.2) is 0 Å². The number of fused-ring (bicyclic) bond motifs is 1. The molecule has 24 heavy (non-hydrogen) atoms. The molecular weight excluding hydrogens is 304 g/mol. The monoisotopic (exact) mass is 322 g/mol. The van der Waals surface area contributed by atoms with Gasteiger partial charge < -0.3 is 14.8 Å². The van der Waals surface area contributed by atoms with Gasteiger partial charge in [-0.2, -0.15) is 0 Å².